The summed E-state index contributed by atoms with van der Waals surface area (Å²) in [6.07, 6.45) is 1.97. The summed E-state index contributed by atoms with van der Waals surface area (Å²) in [7, 11) is 0. The maximum absolute atomic E-state index is 4.70. The minimum Gasteiger partial charge on any atom is -0.298 e. The fourth-order valence-electron chi connectivity index (χ4n) is 2.18. The van der Waals surface area contributed by atoms with Gasteiger partial charge in [-0.25, -0.2) is 4.99 Å². The first kappa shape index (κ1) is 14.4. The van der Waals surface area contributed by atoms with Crippen molar-refractivity contribution >= 4 is 5.71 Å². The van der Waals surface area contributed by atoms with E-state index in [0.29, 0.717) is 5.92 Å². The smallest absolute Gasteiger partial charge is 0.149 e. The first-order valence-electron chi connectivity index (χ1n) is 7.11. The van der Waals surface area contributed by atoms with Crippen molar-refractivity contribution in [2.75, 3.05) is 6.54 Å². The van der Waals surface area contributed by atoms with E-state index in [1.807, 2.05) is 18.0 Å². The van der Waals surface area contributed by atoms with Gasteiger partial charge in [-0.15, -0.1) is 0 Å². The third-order valence-corrected chi connectivity index (χ3v) is 3.45. The lowest BCUT2D eigenvalue weighted by atomic mass is 10.0. The molecule has 0 aliphatic carbocycles. The van der Waals surface area contributed by atoms with Gasteiger partial charge < -0.3 is 0 Å². The molecular weight excluding hydrogens is 246 g/mol. The van der Waals surface area contributed by atoms with E-state index >= 15 is 0 Å². The Morgan fingerprint density at radius 2 is 1.95 bits per heavy atom. The molecule has 0 fully saturated rings. The summed E-state index contributed by atoms with van der Waals surface area (Å²) in [6.45, 7) is 13.3. The SMILES string of the molecule is C=C1C=C(/N=C(\C)c2ccc(C(C)C)cc2)N(CC)N1. The third-order valence-electron chi connectivity index (χ3n) is 3.45. The van der Waals surface area contributed by atoms with Crippen molar-refractivity contribution in [3.05, 3.63) is 59.6 Å². The molecule has 0 unspecified atom stereocenters. The predicted molar refractivity (Wildman–Crippen MR) is 85.5 cm³/mol. The molecule has 0 amide bonds. The number of rotatable bonds is 4. The molecule has 1 aliphatic rings. The van der Waals surface area contributed by atoms with E-state index in [1.165, 1.54) is 5.56 Å². The molecule has 1 N–H and O–H groups in total. The number of nitrogens with one attached hydrogen (secondary N) is 1. The normalized spacial score (nSPS) is 15.7. The van der Waals surface area contributed by atoms with Crippen molar-refractivity contribution in [1.29, 1.82) is 0 Å². The van der Waals surface area contributed by atoms with Crippen molar-refractivity contribution in [3.8, 4) is 0 Å². The van der Waals surface area contributed by atoms with Gasteiger partial charge in [0.2, 0.25) is 0 Å². The molecule has 0 atom stereocenters. The van der Waals surface area contributed by atoms with Crippen molar-refractivity contribution in [2.24, 2.45) is 4.99 Å². The second-order valence-electron chi connectivity index (χ2n) is 5.36. The Kier molecular flexibility index (Phi) is 4.28. The van der Waals surface area contributed by atoms with Gasteiger partial charge in [-0.2, -0.15) is 0 Å². The molecule has 3 nitrogen and oxygen atoms in total. The van der Waals surface area contributed by atoms with E-state index in [2.05, 4.69) is 57.0 Å². The molecule has 0 saturated carbocycles. The van der Waals surface area contributed by atoms with Gasteiger partial charge in [0.1, 0.15) is 5.82 Å². The molecule has 0 saturated heterocycles. The lowest BCUT2D eigenvalue weighted by Gasteiger charge is -2.18. The maximum atomic E-state index is 4.70. The zero-order valence-electron chi connectivity index (χ0n) is 12.8. The second-order valence-corrected chi connectivity index (χ2v) is 5.36. The van der Waals surface area contributed by atoms with Crippen molar-refractivity contribution in [3.63, 3.8) is 0 Å². The van der Waals surface area contributed by atoms with Gasteiger partial charge in [0, 0.05) is 18.3 Å². The molecule has 1 aromatic carbocycles. The topological polar surface area (TPSA) is 27.6 Å². The molecule has 0 bridgehead atoms. The Morgan fingerprint density at radius 1 is 1.30 bits per heavy atom. The molecule has 106 valence electrons. The van der Waals surface area contributed by atoms with Gasteiger partial charge in [-0.1, -0.05) is 44.7 Å². The van der Waals surface area contributed by atoms with Crippen LogP contribution in [0.3, 0.4) is 0 Å². The Balaban J connectivity index is 2.22. The van der Waals surface area contributed by atoms with Crippen LogP contribution in [0.25, 0.3) is 0 Å². The van der Waals surface area contributed by atoms with E-state index in [1.54, 1.807) is 0 Å². The summed E-state index contributed by atoms with van der Waals surface area (Å²) in [5.41, 5.74) is 7.58. The summed E-state index contributed by atoms with van der Waals surface area (Å²) in [5.74, 6) is 1.48. The minimum atomic E-state index is 0.557. The quantitative estimate of drug-likeness (QED) is 0.842. The van der Waals surface area contributed by atoms with Crippen LogP contribution in [0.2, 0.25) is 0 Å². The van der Waals surface area contributed by atoms with Crippen LogP contribution in [-0.4, -0.2) is 17.3 Å². The zero-order chi connectivity index (χ0) is 14.7. The number of benzene rings is 1. The highest BCUT2D eigenvalue weighted by Crippen LogP contribution is 2.18. The van der Waals surface area contributed by atoms with Gasteiger partial charge in [0.05, 0.1) is 5.70 Å². The molecule has 1 aliphatic heterocycles. The largest absolute Gasteiger partial charge is 0.298 e. The fourth-order valence-corrected chi connectivity index (χ4v) is 2.18. The predicted octanol–water partition coefficient (Wildman–Crippen LogP) is 3.81. The minimum absolute atomic E-state index is 0.557. The molecule has 1 aromatic rings. The number of hydrazine groups is 1. The van der Waals surface area contributed by atoms with Gasteiger partial charge in [-0.05, 0) is 30.9 Å². The average Bonchev–Trinajstić information content (AvgIpc) is 2.78. The molecule has 0 spiro atoms. The summed E-state index contributed by atoms with van der Waals surface area (Å²) >= 11 is 0. The fraction of sp³-hybridized carbons (Fsp3) is 0.353. The molecule has 2 rings (SSSR count). The number of nitrogens with zero attached hydrogens (tertiary/aromatic N) is 2. The first-order valence-corrected chi connectivity index (χ1v) is 7.11. The van der Waals surface area contributed by atoms with Crippen molar-refractivity contribution < 1.29 is 0 Å². The Morgan fingerprint density at radius 3 is 2.50 bits per heavy atom. The molecule has 20 heavy (non-hydrogen) atoms. The van der Waals surface area contributed by atoms with Crippen LogP contribution < -0.4 is 5.43 Å². The number of hydrogen-bond acceptors (Lipinski definition) is 3. The van der Waals surface area contributed by atoms with Crippen LogP contribution >= 0.6 is 0 Å². The van der Waals surface area contributed by atoms with Gasteiger partial charge >= 0.3 is 0 Å². The van der Waals surface area contributed by atoms with E-state index in [9.17, 15) is 0 Å². The van der Waals surface area contributed by atoms with Crippen molar-refractivity contribution in [2.45, 2.75) is 33.6 Å². The average molecular weight is 269 g/mol. The monoisotopic (exact) mass is 269 g/mol. The van der Waals surface area contributed by atoms with Crippen LogP contribution in [0.5, 0.6) is 0 Å². The van der Waals surface area contributed by atoms with Gasteiger partial charge in [0.15, 0.2) is 0 Å². The first-order chi connectivity index (χ1) is 9.51. The summed E-state index contributed by atoms with van der Waals surface area (Å²) in [6, 6.07) is 8.64. The maximum Gasteiger partial charge on any atom is 0.149 e. The lowest BCUT2D eigenvalue weighted by molar-refractivity contribution is 0.312. The summed E-state index contributed by atoms with van der Waals surface area (Å²) in [4.78, 5) is 4.70. The van der Waals surface area contributed by atoms with Crippen LogP contribution in [0.4, 0.5) is 0 Å². The Bertz CT molecular complexity index is 550. The van der Waals surface area contributed by atoms with Crippen molar-refractivity contribution in [1.82, 2.24) is 10.4 Å². The molecule has 0 aromatic heterocycles. The highest BCUT2D eigenvalue weighted by atomic mass is 15.6. The standard InChI is InChI=1S/C17H23N3/c1-6-20-17(11-13(4)19-20)18-14(5)16-9-7-15(8-10-16)12(2)3/h7-12,19H,4,6H2,1-3,5H3/b18-14+. The van der Waals surface area contributed by atoms with E-state index in [0.717, 1.165) is 29.3 Å². The highest BCUT2D eigenvalue weighted by molar-refractivity contribution is 5.99. The molecule has 3 heteroatoms. The second kappa shape index (κ2) is 5.95. The lowest BCUT2D eigenvalue weighted by Crippen LogP contribution is -2.30. The van der Waals surface area contributed by atoms with Crippen LogP contribution in [0.15, 0.2) is 53.4 Å². The molecule has 1 heterocycles. The van der Waals surface area contributed by atoms with Gasteiger partial charge in [0.25, 0.3) is 0 Å². The van der Waals surface area contributed by atoms with Gasteiger partial charge in [-0.3, -0.25) is 10.4 Å². The van der Waals surface area contributed by atoms with E-state index < -0.39 is 0 Å². The Hall–Kier alpha value is -2.03. The molecular formula is C17H23N3. The molecule has 0 radical (unpaired) electrons. The number of aliphatic imine (C=N–C) groups is 1. The van der Waals surface area contributed by atoms with Crippen LogP contribution in [-0.2, 0) is 0 Å². The third kappa shape index (κ3) is 3.10. The van der Waals surface area contributed by atoms with E-state index in [-0.39, 0.29) is 0 Å². The number of allylic oxidation sites excluding steroid dienone is 1. The summed E-state index contributed by atoms with van der Waals surface area (Å²) in [5, 5.41) is 1.99. The van der Waals surface area contributed by atoms with E-state index in [4.69, 9.17) is 4.99 Å². The van der Waals surface area contributed by atoms with Crippen LogP contribution in [0, 0.1) is 0 Å². The Labute approximate surface area is 121 Å². The van der Waals surface area contributed by atoms with Crippen LogP contribution in [0.1, 0.15) is 44.7 Å². The zero-order valence-corrected chi connectivity index (χ0v) is 12.8. The number of hydrogen-bond donors (Lipinski definition) is 1. The summed E-state index contributed by atoms with van der Waals surface area (Å²) < 4.78 is 0. The highest BCUT2D eigenvalue weighted by Gasteiger charge is 2.14.